The maximum Gasteiger partial charge on any atom is 0.335 e. The summed E-state index contributed by atoms with van der Waals surface area (Å²) in [6.07, 6.45) is 1.28. The minimum atomic E-state index is -1.02. The Hall–Kier alpha value is -1.84. The SMILES string of the molecule is O=C(O)c1ccc2c(c1)C(C(=O)O)CC2. The van der Waals surface area contributed by atoms with Gasteiger partial charge in [0, 0.05) is 0 Å². The van der Waals surface area contributed by atoms with E-state index in [1.54, 1.807) is 6.07 Å². The van der Waals surface area contributed by atoms with Crippen molar-refractivity contribution in [1.29, 1.82) is 0 Å². The normalized spacial score (nSPS) is 18.5. The lowest BCUT2D eigenvalue weighted by atomic mass is 9.99. The minimum absolute atomic E-state index is 0.155. The molecule has 0 aliphatic heterocycles. The molecule has 2 rings (SSSR count). The molecule has 2 N–H and O–H groups in total. The van der Waals surface area contributed by atoms with Crippen molar-refractivity contribution in [3.05, 3.63) is 34.9 Å². The third-order valence-corrected chi connectivity index (χ3v) is 2.77. The highest BCUT2D eigenvalue weighted by atomic mass is 16.4. The van der Waals surface area contributed by atoms with E-state index in [1.165, 1.54) is 12.1 Å². The van der Waals surface area contributed by atoms with E-state index in [4.69, 9.17) is 10.2 Å². The van der Waals surface area contributed by atoms with Gasteiger partial charge in [0.2, 0.25) is 0 Å². The minimum Gasteiger partial charge on any atom is -0.481 e. The third kappa shape index (κ3) is 1.58. The van der Waals surface area contributed by atoms with Crippen molar-refractivity contribution in [2.24, 2.45) is 0 Å². The molecule has 15 heavy (non-hydrogen) atoms. The van der Waals surface area contributed by atoms with Crippen molar-refractivity contribution in [2.75, 3.05) is 0 Å². The van der Waals surface area contributed by atoms with Gasteiger partial charge in [-0.15, -0.1) is 0 Å². The van der Waals surface area contributed by atoms with Crippen LogP contribution in [0.1, 0.15) is 33.8 Å². The first kappa shape index (κ1) is 9.71. The standard InChI is InChI=1S/C11H10O4/c12-10(13)7-2-1-6-3-4-8(11(14)15)9(6)5-7/h1-2,5,8H,3-4H2,(H,12,13)(H,14,15). The Morgan fingerprint density at radius 2 is 2.00 bits per heavy atom. The van der Waals surface area contributed by atoms with Crippen LogP contribution in [0, 0.1) is 0 Å². The first-order chi connectivity index (χ1) is 7.09. The van der Waals surface area contributed by atoms with Gasteiger partial charge in [-0.3, -0.25) is 4.79 Å². The summed E-state index contributed by atoms with van der Waals surface area (Å²) in [5, 5.41) is 17.7. The van der Waals surface area contributed by atoms with E-state index in [2.05, 4.69) is 0 Å². The second-order valence-corrected chi connectivity index (χ2v) is 3.65. The Balaban J connectivity index is 2.46. The Bertz CT molecular complexity index is 436. The molecule has 0 radical (unpaired) electrons. The molecule has 0 spiro atoms. The summed E-state index contributed by atoms with van der Waals surface area (Å²) in [5.41, 5.74) is 1.76. The topological polar surface area (TPSA) is 74.6 Å². The van der Waals surface area contributed by atoms with Gasteiger partial charge in [-0.05, 0) is 36.1 Å². The highest BCUT2D eigenvalue weighted by Gasteiger charge is 2.28. The monoisotopic (exact) mass is 206 g/mol. The van der Waals surface area contributed by atoms with Gasteiger partial charge in [0.15, 0.2) is 0 Å². The maximum atomic E-state index is 10.9. The zero-order valence-corrected chi connectivity index (χ0v) is 7.93. The second kappa shape index (κ2) is 3.38. The zero-order chi connectivity index (χ0) is 11.0. The quantitative estimate of drug-likeness (QED) is 0.768. The molecule has 1 aliphatic carbocycles. The van der Waals surface area contributed by atoms with Crippen LogP contribution in [0.3, 0.4) is 0 Å². The second-order valence-electron chi connectivity index (χ2n) is 3.65. The van der Waals surface area contributed by atoms with E-state index in [1.807, 2.05) is 0 Å². The van der Waals surface area contributed by atoms with E-state index in [0.29, 0.717) is 18.4 Å². The summed E-state index contributed by atoms with van der Waals surface area (Å²) in [6, 6.07) is 4.70. The molecule has 0 bridgehead atoms. The van der Waals surface area contributed by atoms with Crippen LogP contribution in [0.15, 0.2) is 18.2 Å². The molecule has 0 amide bonds. The fourth-order valence-corrected chi connectivity index (χ4v) is 1.99. The van der Waals surface area contributed by atoms with Crippen LogP contribution in [0.5, 0.6) is 0 Å². The van der Waals surface area contributed by atoms with Gasteiger partial charge in [-0.1, -0.05) is 6.07 Å². The van der Waals surface area contributed by atoms with Crippen molar-refractivity contribution >= 4 is 11.9 Å². The number of carboxylic acids is 2. The van der Waals surface area contributed by atoms with Crippen LogP contribution in [0.25, 0.3) is 0 Å². The molecule has 0 saturated carbocycles. The molecule has 1 unspecified atom stereocenters. The predicted octanol–water partition coefficient (Wildman–Crippen LogP) is 1.50. The van der Waals surface area contributed by atoms with Crippen molar-refractivity contribution in [3.8, 4) is 0 Å². The number of carboxylic acid groups (broad SMARTS) is 2. The Labute approximate surface area is 86.2 Å². The molecule has 1 aliphatic rings. The fourth-order valence-electron chi connectivity index (χ4n) is 1.99. The molecule has 1 aromatic rings. The van der Waals surface area contributed by atoms with Gasteiger partial charge < -0.3 is 10.2 Å². The summed E-state index contributed by atoms with van der Waals surface area (Å²) in [4.78, 5) is 21.6. The third-order valence-electron chi connectivity index (χ3n) is 2.77. The lowest BCUT2D eigenvalue weighted by molar-refractivity contribution is -0.138. The first-order valence-electron chi connectivity index (χ1n) is 4.68. The van der Waals surface area contributed by atoms with Gasteiger partial charge in [-0.2, -0.15) is 0 Å². The summed E-state index contributed by atoms with van der Waals surface area (Å²) in [5.74, 6) is -2.44. The molecule has 4 heteroatoms. The fraction of sp³-hybridized carbons (Fsp3) is 0.273. The molecule has 4 nitrogen and oxygen atoms in total. The Kier molecular flexibility index (Phi) is 2.19. The van der Waals surface area contributed by atoms with Crippen molar-refractivity contribution in [2.45, 2.75) is 18.8 Å². The van der Waals surface area contributed by atoms with Crippen molar-refractivity contribution in [3.63, 3.8) is 0 Å². The molecular formula is C11H10O4. The Morgan fingerprint density at radius 3 is 2.60 bits per heavy atom. The molecule has 0 aromatic heterocycles. The van der Waals surface area contributed by atoms with Gasteiger partial charge in [0.25, 0.3) is 0 Å². The van der Waals surface area contributed by atoms with Crippen LogP contribution in [0.4, 0.5) is 0 Å². The molecular weight excluding hydrogens is 196 g/mol. The lowest BCUT2D eigenvalue weighted by Gasteiger charge is -2.06. The van der Waals surface area contributed by atoms with E-state index >= 15 is 0 Å². The van der Waals surface area contributed by atoms with Crippen LogP contribution in [-0.4, -0.2) is 22.2 Å². The van der Waals surface area contributed by atoms with Crippen LogP contribution < -0.4 is 0 Å². The molecule has 0 saturated heterocycles. The van der Waals surface area contributed by atoms with E-state index in [0.717, 1.165) is 5.56 Å². The Morgan fingerprint density at radius 1 is 1.27 bits per heavy atom. The van der Waals surface area contributed by atoms with E-state index < -0.39 is 17.9 Å². The maximum absolute atomic E-state index is 10.9. The highest BCUT2D eigenvalue weighted by Crippen LogP contribution is 2.33. The summed E-state index contributed by atoms with van der Waals surface area (Å²) >= 11 is 0. The number of aliphatic carboxylic acids is 1. The predicted molar refractivity (Wildman–Crippen MR) is 52.1 cm³/mol. The highest BCUT2D eigenvalue weighted by molar-refractivity contribution is 5.89. The average Bonchev–Trinajstić information content (AvgIpc) is 2.59. The van der Waals surface area contributed by atoms with Gasteiger partial charge >= 0.3 is 11.9 Å². The van der Waals surface area contributed by atoms with Crippen molar-refractivity contribution < 1.29 is 19.8 Å². The summed E-state index contributed by atoms with van der Waals surface area (Å²) in [6.45, 7) is 0. The average molecular weight is 206 g/mol. The number of hydrogen-bond acceptors (Lipinski definition) is 2. The molecule has 0 heterocycles. The number of aryl methyl sites for hydroxylation is 1. The van der Waals surface area contributed by atoms with Gasteiger partial charge in [0.1, 0.15) is 0 Å². The number of hydrogen-bond donors (Lipinski definition) is 2. The smallest absolute Gasteiger partial charge is 0.335 e. The summed E-state index contributed by atoms with van der Waals surface area (Å²) < 4.78 is 0. The molecule has 78 valence electrons. The number of fused-ring (bicyclic) bond motifs is 1. The largest absolute Gasteiger partial charge is 0.481 e. The van der Waals surface area contributed by atoms with Crippen LogP contribution in [-0.2, 0) is 11.2 Å². The van der Waals surface area contributed by atoms with Crippen LogP contribution >= 0.6 is 0 Å². The number of aromatic carboxylic acids is 1. The number of carbonyl (C=O) groups is 2. The van der Waals surface area contributed by atoms with Gasteiger partial charge in [-0.25, -0.2) is 4.79 Å². The van der Waals surface area contributed by atoms with Crippen molar-refractivity contribution in [1.82, 2.24) is 0 Å². The van der Waals surface area contributed by atoms with E-state index in [9.17, 15) is 9.59 Å². The summed E-state index contributed by atoms with van der Waals surface area (Å²) in [7, 11) is 0. The number of rotatable bonds is 2. The lowest BCUT2D eigenvalue weighted by Crippen LogP contribution is -2.08. The van der Waals surface area contributed by atoms with Gasteiger partial charge in [0.05, 0.1) is 11.5 Å². The number of benzene rings is 1. The molecule has 1 atom stereocenters. The molecule has 0 fully saturated rings. The zero-order valence-electron chi connectivity index (χ0n) is 7.93. The first-order valence-corrected chi connectivity index (χ1v) is 4.68. The molecule has 1 aromatic carbocycles. The van der Waals surface area contributed by atoms with E-state index in [-0.39, 0.29) is 5.56 Å². The van der Waals surface area contributed by atoms with Crippen LogP contribution in [0.2, 0.25) is 0 Å².